The molecule has 0 aromatic carbocycles. The molecule has 0 aliphatic rings. The van der Waals surface area contributed by atoms with Gasteiger partial charge in [0.15, 0.2) is 0 Å². The first kappa shape index (κ1) is 14.0. The largest absolute Gasteiger partial charge is 0.0654 e. The SMILES string of the molecule is CCCC(C)[C@H](C)CC.S=S. The Labute approximate surface area is 81.4 Å². The highest BCUT2D eigenvalue weighted by Crippen LogP contribution is 2.18. The fourth-order valence-electron chi connectivity index (χ4n) is 1.14. The van der Waals surface area contributed by atoms with E-state index in [1.165, 1.54) is 19.3 Å². The van der Waals surface area contributed by atoms with Gasteiger partial charge in [-0.15, -0.1) is 0 Å². The van der Waals surface area contributed by atoms with Crippen molar-refractivity contribution in [2.75, 3.05) is 0 Å². The van der Waals surface area contributed by atoms with Crippen LogP contribution in [0.4, 0.5) is 0 Å². The summed E-state index contributed by atoms with van der Waals surface area (Å²) in [5, 5.41) is 0. The molecular formula is C9H20S2. The van der Waals surface area contributed by atoms with Crippen molar-refractivity contribution in [3.05, 3.63) is 0 Å². The van der Waals surface area contributed by atoms with Gasteiger partial charge in [-0.1, -0.05) is 47.0 Å². The van der Waals surface area contributed by atoms with Crippen LogP contribution >= 0.6 is 0 Å². The fraction of sp³-hybridized carbons (Fsp3) is 1.00. The van der Waals surface area contributed by atoms with Crippen molar-refractivity contribution in [1.82, 2.24) is 0 Å². The molecule has 0 heterocycles. The lowest BCUT2D eigenvalue weighted by Gasteiger charge is -2.16. The lowest BCUT2D eigenvalue weighted by atomic mass is 9.90. The number of rotatable bonds is 4. The van der Waals surface area contributed by atoms with Crippen molar-refractivity contribution in [3.63, 3.8) is 0 Å². The first-order chi connectivity index (χ1) is 5.22. The molecule has 0 aromatic heterocycles. The van der Waals surface area contributed by atoms with Crippen LogP contribution in [-0.4, -0.2) is 0 Å². The molecule has 11 heavy (non-hydrogen) atoms. The van der Waals surface area contributed by atoms with Crippen LogP contribution in [0.15, 0.2) is 0 Å². The summed E-state index contributed by atoms with van der Waals surface area (Å²) in [5.41, 5.74) is 0. The average Bonchev–Trinajstić information content (AvgIpc) is 2.07. The van der Waals surface area contributed by atoms with E-state index in [9.17, 15) is 0 Å². The molecule has 0 aromatic rings. The van der Waals surface area contributed by atoms with Crippen LogP contribution in [0, 0.1) is 11.8 Å². The molecule has 0 rings (SSSR count). The first-order valence-corrected chi connectivity index (χ1v) is 5.72. The molecule has 2 atom stereocenters. The minimum Gasteiger partial charge on any atom is -0.0654 e. The molecule has 0 N–H and O–H groups in total. The summed E-state index contributed by atoms with van der Waals surface area (Å²) in [4.78, 5) is 0. The molecular weight excluding hydrogens is 172 g/mol. The van der Waals surface area contributed by atoms with E-state index >= 15 is 0 Å². The van der Waals surface area contributed by atoms with Crippen LogP contribution in [0.1, 0.15) is 47.0 Å². The maximum atomic E-state index is 3.67. The Balaban J connectivity index is 0. The topological polar surface area (TPSA) is 0 Å². The van der Waals surface area contributed by atoms with Crippen molar-refractivity contribution in [2.45, 2.75) is 47.0 Å². The Morgan fingerprint density at radius 3 is 1.73 bits per heavy atom. The van der Waals surface area contributed by atoms with Gasteiger partial charge in [0.2, 0.25) is 0 Å². The van der Waals surface area contributed by atoms with E-state index in [1.54, 1.807) is 0 Å². The second-order valence-electron chi connectivity index (χ2n) is 3.15. The molecule has 0 bridgehead atoms. The molecule has 1 unspecified atom stereocenters. The van der Waals surface area contributed by atoms with Gasteiger partial charge in [0.1, 0.15) is 0 Å². The van der Waals surface area contributed by atoms with Crippen LogP contribution < -0.4 is 0 Å². The number of hydrogen-bond acceptors (Lipinski definition) is 2. The summed E-state index contributed by atoms with van der Waals surface area (Å²) in [5.74, 6) is 1.85. The van der Waals surface area contributed by atoms with E-state index in [1.807, 2.05) is 0 Å². The average molecular weight is 192 g/mol. The Hall–Kier alpha value is 0.440. The Morgan fingerprint density at radius 1 is 1.00 bits per heavy atom. The molecule has 0 spiro atoms. The Morgan fingerprint density at radius 2 is 1.45 bits per heavy atom. The van der Waals surface area contributed by atoms with Crippen LogP contribution in [0.25, 0.3) is 0 Å². The summed E-state index contributed by atoms with van der Waals surface area (Å²) in [6.07, 6.45) is 4.07. The second-order valence-corrected chi connectivity index (χ2v) is 3.15. The zero-order chi connectivity index (χ0) is 9.28. The normalized spacial score (nSPS) is 14.5. The van der Waals surface area contributed by atoms with Gasteiger partial charge < -0.3 is 0 Å². The summed E-state index contributed by atoms with van der Waals surface area (Å²) in [6.45, 7) is 9.24. The first-order valence-electron chi connectivity index (χ1n) is 4.39. The van der Waals surface area contributed by atoms with Crippen LogP contribution in [0.5, 0.6) is 0 Å². The van der Waals surface area contributed by atoms with Crippen molar-refractivity contribution in [3.8, 4) is 0 Å². The Bertz CT molecular complexity index is 74.0. The number of hydrogen-bond donors (Lipinski definition) is 0. The van der Waals surface area contributed by atoms with Gasteiger partial charge in [0.25, 0.3) is 0 Å². The summed E-state index contributed by atoms with van der Waals surface area (Å²) in [7, 11) is 0. The molecule has 0 aliphatic carbocycles. The molecule has 0 saturated heterocycles. The maximum Gasteiger partial charge on any atom is 0 e. The minimum absolute atomic E-state index is 0.921. The van der Waals surface area contributed by atoms with Crippen LogP contribution in [0.3, 0.4) is 0 Å². The van der Waals surface area contributed by atoms with E-state index in [4.69, 9.17) is 0 Å². The van der Waals surface area contributed by atoms with Crippen molar-refractivity contribution in [2.24, 2.45) is 11.8 Å². The summed E-state index contributed by atoms with van der Waals surface area (Å²) in [6, 6.07) is 0. The van der Waals surface area contributed by atoms with Gasteiger partial charge in [-0.2, -0.15) is 0 Å². The zero-order valence-corrected chi connectivity index (χ0v) is 9.73. The molecule has 0 fully saturated rings. The predicted molar refractivity (Wildman–Crippen MR) is 58.3 cm³/mol. The van der Waals surface area contributed by atoms with Gasteiger partial charge in [-0.3, -0.25) is 0 Å². The molecule has 0 aliphatic heterocycles. The van der Waals surface area contributed by atoms with Gasteiger partial charge in [-0.25, -0.2) is 0 Å². The highest BCUT2D eigenvalue weighted by molar-refractivity contribution is 8.07. The van der Waals surface area contributed by atoms with E-state index < -0.39 is 0 Å². The summed E-state index contributed by atoms with van der Waals surface area (Å²) < 4.78 is 0. The third-order valence-corrected chi connectivity index (χ3v) is 2.36. The van der Waals surface area contributed by atoms with E-state index in [0.29, 0.717) is 0 Å². The monoisotopic (exact) mass is 192 g/mol. The smallest absolute Gasteiger partial charge is 0 e. The van der Waals surface area contributed by atoms with Crippen LogP contribution in [0.2, 0.25) is 0 Å². The third kappa shape index (κ3) is 8.35. The predicted octanol–water partition coefficient (Wildman–Crippen LogP) is 3.46. The van der Waals surface area contributed by atoms with Gasteiger partial charge in [-0.05, 0) is 11.8 Å². The maximum absolute atomic E-state index is 3.67. The quantitative estimate of drug-likeness (QED) is 0.669. The van der Waals surface area contributed by atoms with Crippen molar-refractivity contribution >= 4 is 22.4 Å². The fourth-order valence-corrected chi connectivity index (χ4v) is 1.14. The van der Waals surface area contributed by atoms with Gasteiger partial charge in [0.05, 0.1) is 0 Å². The molecule has 0 saturated carbocycles. The van der Waals surface area contributed by atoms with Crippen molar-refractivity contribution in [1.29, 1.82) is 0 Å². The third-order valence-electron chi connectivity index (χ3n) is 2.36. The lowest BCUT2D eigenvalue weighted by Crippen LogP contribution is -2.05. The van der Waals surface area contributed by atoms with Crippen LogP contribution in [-0.2, 0) is 22.4 Å². The molecule has 68 valence electrons. The molecule has 0 radical (unpaired) electrons. The van der Waals surface area contributed by atoms with Gasteiger partial charge in [0, 0.05) is 22.4 Å². The molecule has 0 nitrogen and oxygen atoms in total. The standard InChI is InChI=1S/C9H20.S2/c1-5-7-9(4)8(3)6-2;1-2/h8-9H,5-7H2,1-4H3;/t8-,9?;/m1./s1. The second kappa shape index (κ2) is 10.4. The minimum atomic E-state index is 0.921. The van der Waals surface area contributed by atoms with E-state index in [-0.39, 0.29) is 0 Å². The van der Waals surface area contributed by atoms with E-state index in [2.05, 4.69) is 50.1 Å². The molecule has 2 heteroatoms. The molecule has 0 amide bonds. The zero-order valence-electron chi connectivity index (χ0n) is 8.09. The highest BCUT2D eigenvalue weighted by atomic mass is 32.8. The highest BCUT2D eigenvalue weighted by Gasteiger charge is 2.07. The van der Waals surface area contributed by atoms with Crippen molar-refractivity contribution < 1.29 is 0 Å². The Kier molecular flexibility index (Phi) is 13.3. The summed E-state index contributed by atoms with van der Waals surface area (Å²) >= 11 is 7.33. The van der Waals surface area contributed by atoms with E-state index in [0.717, 1.165) is 11.8 Å². The van der Waals surface area contributed by atoms with Gasteiger partial charge >= 0.3 is 0 Å². The lowest BCUT2D eigenvalue weighted by molar-refractivity contribution is 0.352.